The quantitative estimate of drug-likeness (QED) is 0.441. The van der Waals surface area contributed by atoms with Crippen LogP contribution in [-0.2, 0) is 46.7 Å². The summed E-state index contributed by atoms with van der Waals surface area (Å²) in [5.74, 6) is -0.928. The zero-order valence-electron chi connectivity index (χ0n) is 27.9. The van der Waals surface area contributed by atoms with Gasteiger partial charge in [0.25, 0.3) is 0 Å². The fourth-order valence-corrected chi connectivity index (χ4v) is 8.20. The highest BCUT2D eigenvalue weighted by molar-refractivity contribution is 7.89. The van der Waals surface area contributed by atoms with Gasteiger partial charge in [0.1, 0.15) is 23.1 Å². The van der Waals surface area contributed by atoms with E-state index in [1.807, 2.05) is 36.4 Å². The molecule has 0 spiro atoms. The number of ketones is 1. The zero-order valence-corrected chi connectivity index (χ0v) is 28.7. The monoisotopic (exact) mass is 669 g/mol. The molecule has 5 rings (SSSR count). The van der Waals surface area contributed by atoms with Crippen LogP contribution in [0.25, 0.3) is 0 Å². The number of carbonyl (C=O) groups excluding carboxylic acids is 3. The van der Waals surface area contributed by atoms with Crippen molar-refractivity contribution in [2.75, 3.05) is 52.2 Å². The van der Waals surface area contributed by atoms with Gasteiger partial charge >= 0.3 is 5.97 Å². The minimum absolute atomic E-state index is 0.0179. The number of nitrogens with zero attached hydrogens (tertiary/aromatic N) is 3. The van der Waals surface area contributed by atoms with Gasteiger partial charge in [0.15, 0.2) is 5.78 Å². The van der Waals surface area contributed by atoms with E-state index in [4.69, 9.17) is 14.2 Å². The summed E-state index contributed by atoms with van der Waals surface area (Å²) in [6.07, 6.45) is 0.972. The molecule has 0 unspecified atom stereocenters. The SMILES string of the molecule is CN1C(=O)[C@H](CCN2CCOCC2)CC(=O)[C@@H](N2CCCS2(=O)=O)Cc2cccc(c2)Oc2cccc(c2)C[C@H]1C(=O)OC(C)(C)C. The van der Waals surface area contributed by atoms with Crippen LogP contribution in [0.3, 0.4) is 0 Å². The van der Waals surface area contributed by atoms with E-state index in [9.17, 15) is 22.8 Å². The van der Waals surface area contributed by atoms with Crippen LogP contribution in [0, 0.1) is 5.92 Å². The summed E-state index contributed by atoms with van der Waals surface area (Å²) in [6.45, 7) is 8.76. The first kappa shape index (κ1) is 35.0. The van der Waals surface area contributed by atoms with E-state index in [2.05, 4.69) is 4.90 Å². The number of esters is 1. The molecule has 0 radical (unpaired) electrons. The smallest absolute Gasteiger partial charge is 0.329 e. The Balaban J connectivity index is 1.56. The first-order chi connectivity index (χ1) is 22.3. The van der Waals surface area contributed by atoms with E-state index in [0.29, 0.717) is 57.2 Å². The van der Waals surface area contributed by atoms with E-state index in [1.54, 1.807) is 40.0 Å². The lowest BCUT2D eigenvalue weighted by atomic mass is 9.90. The molecule has 3 aliphatic rings. The minimum atomic E-state index is -3.64. The number of fused-ring (bicyclic) bond motifs is 4. The summed E-state index contributed by atoms with van der Waals surface area (Å²) in [6, 6.07) is 12.7. The summed E-state index contributed by atoms with van der Waals surface area (Å²) < 4.78 is 45.1. The third-order valence-corrected chi connectivity index (χ3v) is 10.9. The first-order valence-corrected chi connectivity index (χ1v) is 18.1. The zero-order chi connectivity index (χ0) is 33.8. The van der Waals surface area contributed by atoms with Crippen molar-refractivity contribution in [3.8, 4) is 11.5 Å². The summed E-state index contributed by atoms with van der Waals surface area (Å²) in [4.78, 5) is 46.0. The molecule has 0 aromatic heterocycles. The number of ether oxygens (including phenoxy) is 3. The van der Waals surface area contributed by atoms with E-state index in [1.165, 1.54) is 9.21 Å². The number of benzene rings is 2. The number of rotatable bonds is 5. The fraction of sp³-hybridized carbons (Fsp3) is 0.571. The molecule has 0 aliphatic carbocycles. The third-order valence-electron chi connectivity index (χ3n) is 8.94. The van der Waals surface area contributed by atoms with Crippen molar-refractivity contribution in [1.29, 1.82) is 0 Å². The van der Waals surface area contributed by atoms with E-state index in [0.717, 1.165) is 11.1 Å². The molecule has 1 amide bonds. The van der Waals surface area contributed by atoms with Crippen LogP contribution in [0.1, 0.15) is 51.2 Å². The molecule has 2 aromatic rings. The van der Waals surface area contributed by atoms with Crippen LogP contribution >= 0.6 is 0 Å². The number of morpholine rings is 1. The first-order valence-electron chi connectivity index (χ1n) is 16.5. The molecule has 2 aromatic carbocycles. The third kappa shape index (κ3) is 9.19. The number of amides is 1. The Bertz CT molecular complexity index is 1550. The normalized spacial score (nSPS) is 24.9. The number of hydrogen-bond acceptors (Lipinski definition) is 9. The van der Waals surface area contributed by atoms with E-state index in [-0.39, 0.29) is 43.3 Å². The molecule has 2 fully saturated rings. The summed E-state index contributed by atoms with van der Waals surface area (Å²) in [5, 5.41) is 0. The molecule has 0 saturated carbocycles. The van der Waals surface area contributed by atoms with Gasteiger partial charge in [-0.1, -0.05) is 24.3 Å². The highest BCUT2D eigenvalue weighted by Crippen LogP contribution is 2.29. The maximum absolute atomic E-state index is 14.4. The molecule has 11 nitrogen and oxygen atoms in total. The molecular weight excluding hydrogens is 622 g/mol. The van der Waals surface area contributed by atoms with Crippen LogP contribution in [-0.4, -0.2) is 110 Å². The lowest BCUT2D eigenvalue weighted by Gasteiger charge is -2.34. The summed E-state index contributed by atoms with van der Waals surface area (Å²) >= 11 is 0. The van der Waals surface area contributed by atoms with Crippen LogP contribution in [0.4, 0.5) is 0 Å². The predicted molar refractivity (Wildman–Crippen MR) is 177 cm³/mol. The highest BCUT2D eigenvalue weighted by Gasteiger charge is 2.41. The van der Waals surface area contributed by atoms with Crippen LogP contribution < -0.4 is 4.74 Å². The Morgan fingerprint density at radius 1 is 0.936 bits per heavy atom. The molecule has 12 heteroatoms. The number of likely N-dealkylation sites (N-methyl/N-ethyl adjacent to an activating group) is 1. The highest BCUT2D eigenvalue weighted by atomic mass is 32.2. The summed E-state index contributed by atoms with van der Waals surface area (Å²) in [5.41, 5.74) is 0.748. The Hall–Kier alpha value is -3.32. The van der Waals surface area contributed by atoms with Gasteiger partial charge in [-0.3, -0.25) is 14.5 Å². The lowest BCUT2D eigenvalue weighted by molar-refractivity contribution is -0.165. The average Bonchev–Trinajstić information content (AvgIpc) is 3.37. The van der Waals surface area contributed by atoms with Gasteiger partial charge in [0.2, 0.25) is 15.9 Å². The van der Waals surface area contributed by atoms with Gasteiger partial charge < -0.3 is 19.1 Å². The molecular formula is C35H47N3O8S. The number of Topliss-reactive ketones (excluding diaryl/α,β-unsaturated/α-hetero) is 1. The predicted octanol–water partition coefficient (Wildman–Crippen LogP) is 3.45. The summed E-state index contributed by atoms with van der Waals surface area (Å²) in [7, 11) is -2.06. The molecule has 3 aliphatic heterocycles. The minimum Gasteiger partial charge on any atom is -0.458 e. The molecule has 4 bridgehead atoms. The van der Waals surface area contributed by atoms with Crippen molar-refractivity contribution in [2.24, 2.45) is 5.92 Å². The lowest BCUT2D eigenvalue weighted by Crippen LogP contribution is -2.50. The Morgan fingerprint density at radius 2 is 1.57 bits per heavy atom. The molecule has 3 atom stereocenters. The van der Waals surface area contributed by atoms with Gasteiger partial charge in [-0.15, -0.1) is 0 Å². The number of hydrogen-bond donors (Lipinski definition) is 0. The molecule has 3 heterocycles. The number of sulfonamides is 1. The van der Waals surface area contributed by atoms with Crippen molar-refractivity contribution in [2.45, 2.75) is 70.6 Å². The topological polar surface area (TPSA) is 123 Å². The van der Waals surface area contributed by atoms with Crippen molar-refractivity contribution in [1.82, 2.24) is 14.1 Å². The maximum atomic E-state index is 14.4. The Kier molecular flexibility index (Phi) is 11.1. The van der Waals surface area contributed by atoms with E-state index < -0.39 is 39.6 Å². The van der Waals surface area contributed by atoms with Crippen molar-refractivity contribution in [3.63, 3.8) is 0 Å². The maximum Gasteiger partial charge on any atom is 0.329 e. The van der Waals surface area contributed by atoms with Crippen LogP contribution in [0.5, 0.6) is 11.5 Å². The van der Waals surface area contributed by atoms with Gasteiger partial charge in [0, 0.05) is 45.4 Å². The van der Waals surface area contributed by atoms with E-state index >= 15 is 0 Å². The fourth-order valence-electron chi connectivity index (χ4n) is 6.48. The molecule has 0 N–H and O–H groups in total. The van der Waals surface area contributed by atoms with Gasteiger partial charge in [-0.25, -0.2) is 13.2 Å². The van der Waals surface area contributed by atoms with Crippen LogP contribution in [0.15, 0.2) is 48.5 Å². The second kappa shape index (κ2) is 14.8. The second-order valence-electron chi connectivity index (χ2n) is 13.7. The van der Waals surface area contributed by atoms with Crippen molar-refractivity contribution < 1.29 is 37.0 Å². The second-order valence-corrected chi connectivity index (χ2v) is 15.8. The van der Waals surface area contributed by atoms with Crippen molar-refractivity contribution >= 4 is 27.7 Å². The average molecular weight is 670 g/mol. The molecule has 2 saturated heterocycles. The van der Waals surface area contributed by atoms with Crippen LogP contribution in [0.2, 0.25) is 0 Å². The standard InChI is InChI=1S/C35H47N3O8S/c1-35(2,3)46-34(41)31-23-26-9-6-11-29(21-26)45-28-10-5-8-25(20-28)22-30(38-13-7-19-47(38,42)43)32(39)24-27(33(40)36(31)4)12-14-37-15-17-44-18-16-37/h5-6,8-11,20-21,27,30-31H,7,12-19,22-24H2,1-4H3/t27-,30+,31+/m1/s1. The molecule has 47 heavy (non-hydrogen) atoms. The van der Waals surface area contributed by atoms with Gasteiger partial charge in [-0.05, 0) is 82.0 Å². The largest absolute Gasteiger partial charge is 0.458 e. The Morgan fingerprint density at radius 3 is 2.17 bits per heavy atom. The number of carbonyl (C=O) groups is 3. The molecule has 256 valence electrons. The Labute approximate surface area is 278 Å². The van der Waals surface area contributed by atoms with Crippen molar-refractivity contribution in [3.05, 3.63) is 59.7 Å². The van der Waals surface area contributed by atoms with Gasteiger partial charge in [-0.2, -0.15) is 4.31 Å². The van der Waals surface area contributed by atoms with Gasteiger partial charge in [0.05, 0.1) is 25.0 Å².